The predicted molar refractivity (Wildman–Crippen MR) is 133 cm³/mol. The summed E-state index contributed by atoms with van der Waals surface area (Å²) < 4.78 is 17.6. The number of hydrogen-bond donors (Lipinski definition) is 0. The van der Waals surface area contributed by atoms with Crippen molar-refractivity contribution in [1.82, 2.24) is 4.90 Å². The summed E-state index contributed by atoms with van der Waals surface area (Å²) in [5.74, 6) is 0.609. The highest BCUT2D eigenvalue weighted by molar-refractivity contribution is 5.99. The largest absolute Gasteiger partial charge is 0.494 e. The van der Waals surface area contributed by atoms with Gasteiger partial charge >= 0.3 is 0 Å². The number of nitrogens with zero attached hydrogens (tertiary/aromatic N) is 1. The molecule has 1 atom stereocenters. The molecule has 1 amide bonds. The second-order valence-electron chi connectivity index (χ2n) is 8.97. The molecule has 0 radical (unpaired) electrons. The molecule has 0 saturated carbocycles. The van der Waals surface area contributed by atoms with Crippen LogP contribution in [0, 0.1) is 0 Å². The number of fused-ring (bicyclic) bond motifs is 2. The van der Waals surface area contributed by atoms with E-state index in [-0.39, 0.29) is 23.2 Å². The van der Waals surface area contributed by atoms with Gasteiger partial charge in [0.15, 0.2) is 5.43 Å². The molecule has 0 fully saturated rings. The van der Waals surface area contributed by atoms with E-state index >= 15 is 0 Å². The lowest BCUT2D eigenvalue weighted by Crippen LogP contribution is -2.31. The van der Waals surface area contributed by atoms with Gasteiger partial charge < -0.3 is 18.8 Å². The number of rotatable bonds is 11. The second-order valence-corrected chi connectivity index (χ2v) is 8.97. The molecule has 6 nitrogen and oxygen atoms in total. The predicted octanol–water partition coefficient (Wildman–Crippen LogP) is 5.72. The lowest BCUT2D eigenvalue weighted by molar-refractivity contribution is 0.0593. The van der Waals surface area contributed by atoms with Crippen LogP contribution in [-0.4, -0.2) is 36.7 Å². The first-order chi connectivity index (χ1) is 16.5. The third-order valence-corrected chi connectivity index (χ3v) is 6.06. The van der Waals surface area contributed by atoms with Gasteiger partial charge in [-0.25, -0.2) is 0 Å². The lowest BCUT2D eigenvalue weighted by Gasteiger charge is -2.25. The maximum atomic E-state index is 13.5. The van der Waals surface area contributed by atoms with E-state index in [2.05, 4.69) is 6.92 Å². The Labute approximate surface area is 200 Å². The van der Waals surface area contributed by atoms with E-state index in [0.29, 0.717) is 42.7 Å². The minimum absolute atomic E-state index is 0.123. The van der Waals surface area contributed by atoms with Crippen molar-refractivity contribution in [2.75, 3.05) is 19.8 Å². The van der Waals surface area contributed by atoms with Crippen molar-refractivity contribution in [2.45, 2.75) is 58.6 Å². The number of carbonyl (C=O) groups excluding carboxylic acids is 1. The molecule has 3 aromatic rings. The van der Waals surface area contributed by atoms with Crippen molar-refractivity contribution in [2.24, 2.45) is 0 Å². The highest BCUT2D eigenvalue weighted by Crippen LogP contribution is 2.39. The van der Waals surface area contributed by atoms with Gasteiger partial charge in [-0.15, -0.1) is 0 Å². The fourth-order valence-electron chi connectivity index (χ4n) is 4.41. The molecule has 0 N–H and O–H groups in total. The van der Waals surface area contributed by atoms with Crippen LogP contribution < -0.4 is 10.2 Å². The molecule has 1 aromatic heterocycles. The first-order valence-corrected chi connectivity index (χ1v) is 12.2. The monoisotopic (exact) mass is 463 g/mol. The van der Waals surface area contributed by atoms with E-state index in [9.17, 15) is 9.59 Å². The van der Waals surface area contributed by atoms with Gasteiger partial charge in [-0.3, -0.25) is 9.59 Å². The van der Waals surface area contributed by atoms with Gasteiger partial charge in [-0.05, 0) is 56.5 Å². The van der Waals surface area contributed by atoms with E-state index in [0.717, 1.165) is 30.6 Å². The number of ether oxygens (including phenoxy) is 2. The molecule has 0 bridgehead atoms. The Morgan fingerprint density at radius 1 is 1.00 bits per heavy atom. The van der Waals surface area contributed by atoms with Crippen molar-refractivity contribution in [3.05, 3.63) is 75.6 Å². The third kappa shape index (κ3) is 5.02. The molecule has 0 spiro atoms. The number of benzene rings is 2. The van der Waals surface area contributed by atoms with Crippen LogP contribution >= 0.6 is 0 Å². The van der Waals surface area contributed by atoms with E-state index in [4.69, 9.17) is 13.9 Å². The number of amides is 1. The first-order valence-electron chi connectivity index (χ1n) is 12.2. The van der Waals surface area contributed by atoms with Crippen LogP contribution in [0.1, 0.15) is 74.2 Å². The van der Waals surface area contributed by atoms with Crippen LogP contribution in [0.5, 0.6) is 5.75 Å². The highest BCUT2D eigenvalue weighted by Gasteiger charge is 2.42. The molecule has 2 heterocycles. The summed E-state index contributed by atoms with van der Waals surface area (Å²) in [5, 5.41) is 0.482. The second kappa shape index (κ2) is 10.9. The Balaban J connectivity index is 1.71. The normalized spacial score (nSPS) is 15.4. The quantitative estimate of drug-likeness (QED) is 0.340. The van der Waals surface area contributed by atoms with Crippen LogP contribution in [0.2, 0.25) is 0 Å². The molecule has 1 aliphatic rings. The Morgan fingerprint density at radius 2 is 1.82 bits per heavy atom. The molecular formula is C28H33NO5. The summed E-state index contributed by atoms with van der Waals surface area (Å²) in [6.07, 6.45) is 4.02. The van der Waals surface area contributed by atoms with Crippen LogP contribution in [0.4, 0.5) is 0 Å². The zero-order valence-corrected chi connectivity index (χ0v) is 20.2. The molecular weight excluding hydrogens is 430 g/mol. The Bertz CT molecular complexity index is 1200. The Morgan fingerprint density at radius 3 is 2.62 bits per heavy atom. The maximum absolute atomic E-state index is 13.5. The average Bonchev–Trinajstić information content (AvgIpc) is 3.11. The van der Waals surface area contributed by atoms with Gasteiger partial charge in [0.05, 0.1) is 29.7 Å². The molecule has 34 heavy (non-hydrogen) atoms. The van der Waals surface area contributed by atoms with Crippen LogP contribution in [-0.2, 0) is 4.74 Å². The number of hydrogen-bond acceptors (Lipinski definition) is 5. The maximum Gasteiger partial charge on any atom is 0.290 e. The molecule has 1 aliphatic heterocycles. The summed E-state index contributed by atoms with van der Waals surface area (Å²) in [6, 6.07) is 14.3. The summed E-state index contributed by atoms with van der Waals surface area (Å²) in [5.41, 5.74) is 1.51. The van der Waals surface area contributed by atoms with Crippen molar-refractivity contribution in [3.8, 4) is 5.75 Å². The number of unbranched alkanes of at least 4 members (excludes halogenated alkanes) is 2. The van der Waals surface area contributed by atoms with E-state index in [1.165, 1.54) is 0 Å². The van der Waals surface area contributed by atoms with Gasteiger partial charge in [0.2, 0.25) is 5.76 Å². The zero-order valence-electron chi connectivity index (χ0n) is 20.2. The van der Waals surface area contributed by atoms with E-state index in [1.54, 1.807) is 23.1 Å². The fourth-order valence-corrected chi connectivity index (χ4v) is 4.41. The van der Waals surface area contributed by atoms with Gasteiger partial charge in [-0.2, -0.15) is 0 Å². The Hall–Kier alpha value is -3.12. The lowest BCUT2D eigenvalue weighted by atomic mass is 9.98. The van der Waals surface area contributed by atoms with Gasteiger partial charge in [0.25, 0.3) is 5.91 Å². The molecule has 0 unspecified atom stereocenters. The summed E-state index contributed by atoms with van der Waals surface area (Å²) in [4.78, 5) is 28.7. The fraction of sp³-hybridized carbons (Fsp3) is 0.429. The molecule has 180 valence electrons. The topological polar surface area (TPSA) is 69.0 Å². The molecule has 0 aliphatic carbocycles. The molecule has 6 heteroatoms. The average molecular weight is 464 g/mol. The molecule has 2 aromatic carbocycles. The highest BCUT2D eigenvalue weighted by atomic mass is 16.5. The minimum atomic E-state index is -0.526. The zero-order chi connectivity index (χ0) is 24.1. The van der Waals surface area contributed by atoms with Gasteiger partial charge in [0, 0.05) is 13.2 Å². The van der Waals surface area contributed by atoms with Crippen molar-refractivity contribution >= 4 is 16.9 Å². The summed E-state index contributed by atoms with van der Waals surface area (Å²) in [6.45, 7) is 7.76. The van der Waals surface area contributed by atoms with Crippen LogP contribution in [0.15, 0.2) is 57.7 Å². The van der Waals surface area contributed by atoms with Crippen molar-refractivity contribution < 1.29 is 18.7 Å². The third-order valence-electron chi connectivity index (χ3n) is 6.06. The van der Waals surface area contributed by atoms with E-state index < -0.39 is 6.04 Å². The van der Waals surface area contributed by atoms with Gasteiger partial charge in [-0.1, -0.05) is 44.0 Å². The van der Waals surface area contributed by atoms with Crippen LogP contribution in [0.3, 0.4) is 0 Å². The molecule has 4 rings (SSSR count). The SMILES string of the molecule is CCCCCOc1cccc([C@@H]2c3c(oc4ccccc4c3=O)C(=O)N2CCCOC(C)C)c1. The summed E-state index contributed by atoms with van der Waals surface area (Å²) in [7, 11) is 0. The number of para-hydroxylation sites is 1. The van der Waals surface area contributed by atoms with Crippen molar-refractivity contribution in [3.63, 3.8) is 0 Å². The summed E-state index contributed by atoms with van der Waals surface area (Å²) >= 11 is 0. The minimum Gasteiger partial charge on any atom is -0.494 e. The van der Waals surface area contributed by atoms with E-state index in [1.807, 2.05) is 44.2 Å². The van der Waals surface area contributed by atoms with Gasteiger partial charge in [0.1, 0.15) is 11.3 Å². The first kappa shape index (κ1) is 24.0. The molecule has 0 saturated heterocycles. The number of carbonyl (C=O) groups is 1. The Kier molecular flexibility index (Phi) is 7.68. The smallest absolute Gasteiger partial charge is 0.290 e. The van der Waals surface area contributed by atoms with Crippen molar-refractivity contribution in [1.29, 1.82) is 0 Å². The standard InChI is InChI=1S/C28H33NO5/c1-4-5-8-16-33-21-12-9-11-20(18-21)25-24-26(30)22-13-6-7-14-23(22)34-27(24)28(31)29(25)15-10-17-32-19(2)3/h6-7,9,11-14,18-19,25H,4-5,8,10,15-17H2,1-3H3/t25-/m1/s1. The van der Waals surface area contributed by atoms with Crippen LogP contribution in [0.25, 0.3) is 11.0 Å².